The van der Waals surface area contributed by atoms with Gasteiger partial charge < -0.3 is 4.42 Å². The molecule has 0 amide bonds. The van der Waals surface area contributed by atoms with Gasteiger partial charge in [0.1, 0.15) is 11.2 Å². The summed E-state index contributed by atoms with van der Waals surface area (Å²) in [6, 6.07) is 26.7. The molecule has 31 heavy (non-hydrogen) atoms. The van der Waals surface area contributed by atoms with Crippen molar-refractivity contribution in [1.82, 2.24) is 4.98 Å². The molecule has 6 radical (unpaired) electrons. The van der Waals surface area contributed by atoms with Crippen LogP contribution < -0.4 is 0 Å². The van der Waals surface area contributed by atoms with Crippen LogP contribution in [0.25, 0.3) is 54.7 Å². The lowest BCUT2D eigenvalue weighted by atomic mass is 9.40. The number of fused-ring (bicyclic) bond motifs is 7. The summed E-state index contributed by atoms with van der Waals surface area (Å²) in [6.45, 7) is 0. The maximum atomic E-state index is 6.54. The Kier molecular flexibility index (Phi) is 3.85. The van der Waals surface area contributed by atoms with Crippen LogP contribution in [0.5, 0.6) is 0 Å². The molecule has 0 fully saturated rings. The summed E-state index contributed by atoms with van der Waals surface area (Å²) in [4.78, 5) is 4.55. The fourth-order valence-corrected chi connectivity index (χ4v) is 4.35. The molecule has 0 saturated carbocycles. The largest absolute Gasteiger partial charge is 0.455 e. The lowest BCUT2D eigenvalue weighted by Crippen LogP contribution is -2.26. The van der Waals surface area contributed by atoms with Crippen molar-refractivity contribution in [3.63, 3.8) is 0 Å². The Morgan fingerprint density at radius 2 is 1.39 bits per heavy atom. The van der Waals surface area contributed by atoms with Crippen LogP contribution in [0.2, 0.25) is 0 Å². The van der Waals surface area contributed by atoms with Crippen LogP contribution in [0.4, 0.5) is 0 Å². The third kappa shape index (κ3) is 2.80. The molecule has 5 heteroatoms. The second-order valence-electron chi connectivity index (χ2n) is 7.98. The minimum atomic E-state index is -1.42. The van der Waals surface area contributed by atoms with Crippen LogP contribution in [0.15, 0.2) is 89.5 Å². The normalized spacial score (nSPS) is 12.3. The Morgan fingerprint density at radius 1 is 0.645 bits per heavy atom. The fourth-order valence-electron chi connectivity index (χ4n) is 4.35. The van der Waals surface area contributed by atoms with Crippen LogP contribution in [0.3, 0.4) is 0 Å². The van der Waals surface area contributed by atoms with Crippen LogP contribution in [-0.4, -0.2) is 28.5 Å². The molecule has 6 rings (SSSR count). The maximum Gasteiger partial charge on any atom is 0.144 e. The highest BCUT2D eigenvalue weighted by atomic mass is 16.3. The van der Waals surface area contributed by atoms with Crippen LogP contribution in [-0.2, 0) is 5.11 Å². The number of furan rings is 1. The Morgan fingerprint density at radius 3 is 2.19 bits per heavy atom. The third-order valence-corrected chi connectivity index (χ3v) is 5.91. The van der Waals surface area contributed by atoms with E-state index in [2.05, 4.69) is 59.6 Å². The van der Waals surface area contributed by atoms with Crippen molar-refractivity contribution in [1.29, 1.82) is 0 Å². The van der Waals surface area contributed by atoms with Gasteiger partial charge in [-0.2, -0.15) is 0 Å². The van der Waals surface area contributed by atoms with Gasteiger partial charge in [0.05, 0.1) is 29.2 Å². The zero-order valence-corrected chi connectivity index (χ0v) is 16.7. The first-order chi connectivity index (χ1) is 15.0. The average Bonchev–Trinajstić information content (AvgIpc) is 3.17. The van der Waals surface area contributed by atoms with Gasteiger partial charge in [0, 0.05) is 27.9 Å². The van der Waals surface area contributed by atoms with Crippen LogP contribution in [0.1, 0.15) is 5.56 Å². The van der Waals surface area contributed by atoms with Gasteiger partial charge in [-0.05, 0) is 39.9 Å². The van der Waals surface area contributed by atoms with Crippen LogP contribution >= 0.6 is 0 Å². The first-order valence-corrected chi connectivity index (χ1v) is 10.1. The molecule has 6 aromatic rings. The second kappa shape index (κ2) is 6.52. The van der Waals surface area contributed by atoms with E-state index in [-0.39, 0.29) is 0 Å². The highest BCUT2D eigenvalue weighted by Crippen LogP contribution is 2.40. The number of rotatable bonds is 2. The average molecular weight is 389 g/mol. The van der Waals surface area contributed by atoms with Gasteiger partial charge in [-0.3, -0.25) is 4.98 Å². The van der Waals surface area contributed by atoms with E-state index in [4.69, 9.17) is 28.0 Å². The standard InChI is InChI=1S/C26H14B3NO/c27-26(28,29)17-11-13-22(30-14-17)21-7-3-6-19-20-12-10-16-9-8-15-4-1-2-5-18(15)23(16)25(20)31-24(19)21/h1-14H. The molecule has 0 atom stereocenters. The van der Waals surface area contributed by atoms with E-state index in [0.29, 0.717) is 5.56 Å². The molecule has 0 unspecified atom stereocenters. The molecule has 0 aliphatic rings. The fraction of sp³-hybridized carbons (Fsp3) is 0.0385. The van der Waals surface area contributed by atoms with Crippen molar-refractivity contribution in [2.24, 2.45) is 0 Å². The number of hydrogen-bond acceptors (Lipinski definition) is 2. The summed E-state index contributed by atoms with van der Waals surface area (Å²) < 4.78 is 6.54. The lowest BCUT2D eigenvalue weighted by Gasteiger charge is -2.19. The molecule has 0 bridgehead atoms. The Balaban J connectivity index is 1.66. The first kappa shape index (κ1) is 18.3. The van der Waals surface area contributed by atoms with Gasteiger partial charge in [-0.15, -0.1) is 5.11 Å². The van der Waals surface area contributed by atoms with Gasteiger partial charge >= 0.3 is 0 Å². The molecule has 4 aromatic carbocycles. The summed E-state index contributed by atoms with van der Waals surface area (Å²) >= 11 is 0. The summed E-state index contributed by atoms with van der Waals surface area (Å²) in [5.41, 5.74) is 3.93. The Bertz CT molecular complexity index is 1610. The van der Waals surface area contributed by atoms with Gasteiger partial charge in [0.15, 0.2) is 0 Å². The van der Waals surface area contributed by atoms with Gasteiger partial charge in [-0.1, -0.05) is 60.7 Å². The number of hydrogen-bond donors (Lipinski definition) is 0. The lowest BCUT2D eigenvalue weighted by molar-refractivity contribution is 0.674. The summed E-state index contributed by atoms with van der Waals surface area (Å²) in [6.07, 6.45) is 1.61. The highest BCUT2D eigenvalue weighted by Gasteiger charge is 2.17. The molecule has 138 valence electrons. The minimum Gasteiger partial charge on any atom is -0.455 e. The minimum absolute atomic E-state index is 0.561. The van der Waals surface area contributed by atoms with E-state index in [1.807, 2.05) is 18.2 Å². The van der Waals surface area contributed by atoms with E-state index < -0.39 is 5.11 Å². The number of nitrogens with zero attached hydrogens (tertiary/aromatic N) is 1. The smallest absolute Gasteiger partial charge is 0.144 e. The monoisotopic (exact) mass is 389 g/mol. The quantitative estimate of drug-likeness (QED) is 0.286. The molecular weight excluding hydrogens is 375 g/mol. The number of aromatic nitrogens is 1. The topological polar surface area (TPSA) is 26.0 Å². The predicted molar refractivity (Wildman–Crippen MR) is 131 cm³/mol. The number of benzene rings is 4. The van der Waals surface area contributed by atoms with E-state index in [1.165, 1.54) is 10.8 Å². The SMILES string of the molecule is [B]C([B])([B])c1ccc(-c2cccc3c2oc2c3ccc3ccc4ccccc4c32)nc1. The number of para-hydroxylation sites is 1. The van der Waals surface area contributed by atoms with Crippen molar-refractivity contribution >= 4 is 67.0 Å². The first-order valence-electron chi connectivity index (χ1n) is 10.1. The van der Waals surface area contributed by atoms with E-state index in [1.54, 1.807) is 12.3 Å². The molecule has 2 nitrogen and oxygen atoms in total. The molecule has 0 N–H and O–H groups in total. The molecule has 2 heterocycles. The Labute approximate surface area is 183 Å². The van der Waals surface area contributed by atoms with Crippen molar-refractivity contribution < 1.29 is 4.42 Å². The summed E-state index contributed by atoms with van der Waals surface area (Å²) in [5, 5.41) is 5.37. The highest BCUT2D eigenvalue weighted by molar-refractivity contribution is 6.58. The molecule has 0 spiro atoms. The predicted octanol–water partition coefficient (Wildman–Crippen LogP) is 5.57. The zero-order valence-electron chi connectivity index (χ0n) is 16.7. The van der Waals surface area contributed by atoms with Crippen molar-refractivity contribution in [2.75, 3.05) is 0 Å². The second-order valence-corrected chi connectivity index (χ2v) is 7.98. The van der Waals surface area contributed by atoms with E-state index in [0.717, 1.165) is 44.0 Å². The van der Waals surface area contributed by atoms with Gasteiger partial charge in [-0.25, -0.2) is 0 Å². The maximum absolute atomic E-state index is 6.54. The third-order valence-electron chi connectivity index (χ3n) is 5.91. The summed E-state index contributed by atoms with van der Waals surface area (Å²) in [7, 11) is 17.3. The van der Waals surface area contributed by atoms with E-state index in [9.17, 15) is 0 Å². The molecular formula is C26H14B3NO. The van der Waals surface area contributed by atoms with Gasteiger partial charge in [0.25, 0.3) is 0 Å². The zero-order chi connectivity index (χ0) is 21.2. The molecule has 0 aliphatic heterocycles. The van der Waals surface area contributed by atoms with Crippen molar-refractivity contribution in [3.05, 3.63) is 90.6 Å². The van der Waals surface area contributed by atoms with E-state index >= 15 is 0 Å². The molecule has 2 aromatic heterocycles. The number of pyridine rings is 1. The van der Waals surface area contributed by atoms with Crippen molar-refractivity contribution in [2.45, 2.75) is 5.11 Å². The molecule has 0 saturated heterocycles. The molecule has 0 aliphatic carbocycles. The Hall–Kier alpha value is -3.46. The summed E-state index contributed by atoms with van der Waals surface area (Å²) in [5.74, 6) is 0. The van der Waals surface area contributed by atoms with Crippen LogP contribution in [0, 0.1) is 0 Å². The van der Waals surface area contributed by atoms with Crippen molar-refractivity contribution in [3.8, 4) is 11.3 Å². The van der Waals surface area contributed by atoms with Gasteiger partial charge in [0.2, 0.25) is 0 Å².